The third kappa shape index (κ3) is 6.22. The van der Waals surface area contributed by atoms with E-state index in [0.717, 1.165) is 34.6 Å². The highest BCUT2D eigenvalue weighted by Crippen LogP contribution is 2.32. The van der Waals surface area contributed by atoms with Crippen molar-refractivity contribution in [1.29, 1.82) is 0 Å². The van der Waals surface area contributed by atoms with E-state index in [4.69, 9.17) is 4.74 Å². The first-order chi connectivity index (χ1) is 16.3. The molecule has 0 spiro atoms. The molecule has 1 amide bonds. The fourth-order valence-electron chi connectivity index (χ4n) is 3.83. The lowest BCUT2D eigenvalue weighted by Crippen LogP contribution is -2.36. The first kappa shape index (κ1) is 23.5. The number of nitrogens with one attached hydrogen (secondary N) is 1. The van der Waals surface area contributed by atoms with Crippen molar-refractivity contribution in [1.82, 2.24) is 14.9 Å². The summed E-state index contributed by atoms with van der Waals surface area (Å²) in [5, 5.41) is 3.29. The zero-order chi connectivity index (χ0) is 24.1. The Kier molecular flexibility index (Phi) is 6.96. The van der Waals surface area contributed by atoms with E-state index >= 15 is 0 Å². The molecule has 176 valence electrons. The summed E-state index contributed by atoms with van der Waals surface area (Å²) in [5.41, 5.74) is 4.17. The maximum atomic E-state index is 12.6. The minimum absolute atomic E-state index is 0.00679. The fraction of sp³-hybridized carbons (Fsp3) is 0.321. The molecule has 0 fully saturated rings. The highest BCUT2D eigenvalue weighted by Gasteiger charge is 2.24. The number of nitrogens with zero attached hydrogens (tertiary/aromatic N) is 3. The van der Waals surface area contributed by atoms with Crippen molar-refractivity contribution in [2.24, 2.45) is 5.41 Å². The summed E-state index contributed by atoms with van der Waals surface area (Å²) in [5.74, 6) is 2.29. The zero-order valence-corrected chi connectivity index (χ0v) is 20.3. The number of carbonyl (C=O) groups excluding carboxylic acids is 1. The van der Waals surface area contributed by atoms with Crippen molar-refractivity contribution in [2.75, 3.05) is 18.4 Å². The van der Waals surface area contributed by atoms with Gasteiger partial charge in [0, 0.05) is 43.2 Å². The van der Waals surface area contributed by atoms with Gasteiger partial charge in [-0.1, -0.05) is 32.9 Å². The van der Waals surface area contributed by atoms with E-state index in [-0.39, 0.29) is 11.3 Å². The summed E-state index contributed by atoms with van der Waals surface area (Å²) >= 11 is 0. The highest BCUT2D eigenvalue weighted by atomic mass is 16.5. The molecule has 0 unspecified atom stereocenters. The summed E-state index contributed by atoms with van der Waals surface area (Å²) in [6, 6.07) is 15.7. The second kappa shape index (κ2) is 10.1. The summed E-state index contributed by atoms with van der Waals surface area (Å²) in [6.07, 6.45) is 7.03. The molecule has 1 aliphatic rings. The van der Waals surface area contributed by atoms with Gasteiger partial charge in [-0.05, 0) is 72.4 Å². The van der Waals surface area contributed by atoms with Gasteiger partial charge in [0.15, 0.2) is 0 Å². The van der Waals surface area contributed by atoms with E-state index in [0.29, 0.717) is 31.1 Å². The van der Waals surface area contributed by atoms with Crippen LogP contribution in [0.4, 0.5) is 11.5 Å². The number of amides is 1. The van der Waals surface area contributed by atoms with Gasteiger partial charge < -0.3 is 15.0 Å². The Bertz CT molecular complexity index is 1160. The molecule has 0 saturated carbocycles. The Morgan fingerprint density at radius 1 is 1.09 bits per heavy atom. The van der Waals surface area contributed by atoms with Crippen molar-refractivity contribution >= 4 is 23.0 Å². The SMILES string of the molecule is Cc1ccc(Nc2ccc(Oc3ncccc3C3=CCN(C(=O)CC(C)(C)C)CC3)cc2)nc1. The third-order valence-electron chi connectivity index (χ3n) is 5.61. The Morgan fingerprint density at radius 2 is 1.88 bits per heavy atom. The summed E-state index contributed by atoms with van der Waals surface area (Å²) in [4.78, 5) is 23.4. The van der Waals surface area contributed by atoms with Gasteiger partial charge in [0.1, 0.15) is 11.6 Å². The molecule has 0 saturated heterocycles. The first-order valence-electron chi connectivity index (χ1n) is 11.7. The van der Waals surface area contributed by atoms with E-state index in [1.54, 1.807) is 6.20 Å². The molecule has 6 nitrogen and oxygen atoms in total. The number of hydrogen-bond acceptors (Lipinski definition) is 5. The lowest BCUT2D eigenvalue weighted by molar-refractivity contribution is -0.132. The number of carbonyl (C=O) groups is 1. The maximum Gasteiger partial charge on any atom is 0.226 e. The molecule has 0 atom stereocenters. The van der Waals surface area contributed by atoms with Gasteiger partial charge in [0.05, 0.1) is 0 Å². The van der Waals surface area contributed by atoms with Crippen LogP contribution in [0.3, 0.4) is 0 Å². The third-order valence-corrected chi connectivity index (χ3v) is 5.61. The van der Waals surface area contributed by atoms with Crippen molar-refractivity contribution in [3.63, 3.8) is 0 Å². The minimum atomic E-state index is -0.00679. The predicted octanol–water partition coefficient (Wildman–Crippen LogP) is 6.37. The number of rotatable bonds is 6. The lowest BCUT2D eigenvalue weighted by atomic mass is 9.91. The average Bonchev–Trinajstić information content (AvgIpc) is 2.81. The van der Waals surface area contributed by atoms with E-state index in [1.807, 2.05) is 66.6 Å². The molecule has 0 aliphatic carbocycles. The minimum Gasteiger partial charge on any atom is -0.438 e. The highest BCUT2D eigenvalue weighted by molar-refractivity contribution is 5.79. The largest absolute Gasteiger partial charge is 0.438 e. The number of benzene rings is 1. The Balaban J connectivity index is 1.43. The van der Waals surface area contributed by atoms with Crippen molar-refractivity contribution in [3.05, 3.63) is 78.1 Å². The van der Waals surface area contributed by atoms with Crippen molar-refractivity contribution in [2.45, 2.75) is 40.5 Å². The molecule has 34 heavy (non-hydrogen) atoms. The van der Waals surface area contributed by atoms with Gasteiger partial charge >= 0.3 is 0 Å². The van der Waals surface area contributed by atoms with Gasteiger partial charge in [-0.25, -0.2) is 9.97 Å². The summed E-state index contributed by atoms with van der Waals surface area (Å²) < 4.78 is 6.15. The molecule has 3 aromatic rings. The Morgan fingerprint density at radius 3 is 2.53 bits per heavy atom. The van der Waals surface area contributed by atoms with Gasteiger partial charge in [0.25, 0.3) is 0 Å². The van der Waals surface area contributed by atoms with Crippen LogP contribution < -0.4 is 10.1 Å². The van der Waals surface area contributed by atoms with Crippen LogP contribution in [-0.2, 0) is 4.79 Å². The molecule has 4 rings (SSSR count). The van der Waals surface area contributed by atoms with Crippen molar-refractivity contribution in [3.8, 4) is 11.6 Å². The van der Waals surface area contributed by atoms with E-state index in [2.05, 4.69) is 42.1 Å². The molecule has 1 aliphatic heterocycles. The monoisotopic (exact) mass is 456 g/mol. The van der Waals surface area contributed by atoms with Gasteiger partial charge in [-0.15, -0.1) is 0 Å². The van der Waals surface area contributed by atoms with Crippen LogP contribution in [0.25, 0.3) is 5.57 Å². The molecule has 1 N–H and O–H groups in total. The number of ether oxygens (including phenoxy) is 1. The predicted molar refractivity (Wildman–Crippen MR) is 136 cm³/mol. The van der Waals surface area contributed by atoms with Crippen LogP contribution in [0, 0.1) is 12.3 Å². The molecule has 3 heterocycles. The topological polar surface area (TPSA) is 67.3 Å². The zero-order valence-electron chi connectivity index (χ0n) is 20.3. The summed E-state index contributed by atoms with van der Waals surface area (Å²) in [6.45, 7) is 9.63. The molecule has 2 aromatic heterocycles. The van der Waals surface area contributed by atoms with Crippen LogP contribution >= 0.6 is 0 Å². The average molecular weight is 457 g/mol. The van der Waals surface area contributed by atoms with Crippen LogP contribution in [0.1, 0.15) is 44.7 Å². The number of aromatic nitrogens is 2. The van der Waals surface area contributed by atoms with Crippen LogP contribution in [-0.4, -0.2) is 33.9 Å². The number of hydrogen-bond donors (Lipinski definition) is 1. The van der Waals surface area contributed by atoms with Crippen molar-refractivity contribution < 1.29 is 9.53 Å². The van der Waals surface area contributed by atoms with E-state index in [1.165, 1.54) is 0 Å². The lowest BCUT2D eigenvalue weighted by Gasteiger charge is -2.29. The number of aryl methyl sites for hydroxylation is 1. The number of pyridine rings is 2. The van der Waals surface area contributed by atoms with Gasteiger partial charge in [0.2, 0.25) is 11.8 Å². The fourth-order valence-corrected chi connectivity index (χ4v) is 3.83. The van der Waals surface area contributed by atoms with Crippen LogP contribution in [0.2, 0.25) is 0 Å². The first-order valence-corrected chi connectivity index (χ1v) is 11.7. The maximum absolute atomic E-state index is 12.6. The molecule has 1 aromatic carbocycles. The van der Waals surface area contributed by atoms with E-state index in [9.17, 15) is 4.79 Å². The van der Waals surface area contributed by atoms with Gasteiger partial charge in [-0.2, -0.15) is 0 Å². The Labute approximate surface area is 201 Å². The van der Waals surface area contributed by atoms with Crippen LogP contribution in [0.15, 0.2) is 67.0 Å². The summed E-state index contributed by atoms with van der Waals surface area (Å²) in [7, 11) is 0. The second-order valence-corrected chi connectivity index (χ2v) is 9.88. The molecule has 0 radical (unpaired) electrons. The molecule has 6 heteroatoms. The number of anilines is 2. The standard InChI is InChI=1S/C28H32N4O2/c1-20-7-12-25(30-19-20)31-22-8-10-23(11-9-22)34-27-24(6-5-15-29-27)21-13-16-32(17-14-21)26(33)18-28(2,3)4/h5-13,15,19H,14,16-18H2,1-4H3,(H,30,31). The quantitative estimate of drug-likeness (QED) is 0.467. The Hall–Kier alpha value is -3.67. The van der Waals surface area contributed by atoms with Gasteiger partial charge in [-0.3, -0.25) is 4.79 Å². The second-order valence-electron chi connectivity index (χ2n) is 9.88. The molecular weight excluding hydrogens is 424 g/mol. The van der Waals surface area contributed by atoms with Crippen LogP contribution in [0.5, 0.6) is 11.6 Å². The van der Waals surface area contributed by atoms with E-state index < -0.39 is 0 Å². The normalized spacial score (nSPS) is 13.9. The smallest absolute Gasteiger partial charge is 0.226 e. The molecular formula is C28H32N4O2. The molecule has 0 bridgehead atoms.